The topological polar surface area (TPSA) is 41.1 Å². The molecule has 1 aliphatic carbocycles. The fourth-order valence-corrected chi connectivity index (χ4v) is 4.67. The molecule has 0 aromatic carbocycles. The molecule has 1 saturated carbocycles. The molecular formula is C15H28N2OS. The number of hydrogen-bond donors (Lipinski definition) is 2. The van der Waals surface area contributed by atoms with Crippen LogP contribution in [-0.4, -0.2) is 36.0 Å². The predicted molar refractivity (Wildman–Crippen MR) is 82.5 cm³/mol. The van der Waals surface area contributed by atoms with Crippen LogP contribution in [0.25, 0.3) is 0 Å². The number of carbonyl (C=O) groups is 1. The maximum absolute atomic E-state index is 12.8. The normalized spacial score (nSPS) is 34.9. The number of thioether (sulfide) groups is 1. The fraction of sp³-hybridized carbons (Fsp3) is 0.933. The second-order valence-corrected chi connectivity index (χ2v) is 7.76. The van der Waals surface area contributed by atoms with Crippen molar-refractivity contribution < 1.29 is 4.79 Å². The van der Waals surface area contributed by atoms with Gasteiger partial charge >= 0.3 is 0 Å². The highest BCUT2D eigenvalue weighted by molar-refractivity contribution is 7.99. The molecule has 110 valence electrons. The Morgan fingerprint density at radius 2 is 2.26 bits per heavy atom. The largest absolute Gasteiger partial charge is 0.352 e. The lowest BCUT2D eigenvalue weighted by molar-refractivity contribution is -0.133. The molecule has 19 heavy (non-hydrogen) atoms. The van der Waals surface area contributed by atoms with Crippen molar-refractivity contribution in [1.82, 2.24) is 10.6 Å². The van der Waals surface area contributed by atoms with Crippen LogP contribution in [0.4, 0.5) is 0 Å². The Morgan fingerprint density at radius 3 is 2.84 bits per heavy atom. The Morgan fingerprint density at radius 1 is 1.47 bits per heavy atom. The van der Waals surface area contributed by atoms with Crippen molar-refractivity contribution in [3.05, 3.63) is 0 Å². The monoisotopic (exact) mass is 284 g/mol. The van der Waals surface area contributed by atoms with Gasteiger partial charge in [-0.05, 0) is 37.5 Å². The van der Waals surface area contributed by atoms with E-state index < -0.39 is 0 Å². The molecule has 0 bridgehead atoms. The predicted octanol–water partition coefficient (Wildman–Crippen LogP) is 2.41. The Kier molecular flexibility index (Phi) is 5.18. The summed E-state index contributed by atoms with van der Waals surface area (Å²) in [6.07, 6.45) is 4.66. The molecule has 3 unspecified atom stereocenters. The van der Waals surface area contributed by atoms with Crippen LogP contribution in [0.5, 0.6) is 0 Å². The van der Waals surface area contributed by atoms with Crippen molar-refractivity contribution in [1.29, 1.82) is 0 Å². The van der Waals surface area contributed by atoms with Gasteiger partial charge in [-0.2, -0.15) is 11.8 Å². The minimum atomic E-state index is -0.177. The molecule has 1 aliphatic heterocycles. The van der Waals surface area contributed by atoms with Crippen LogP contribution in [0.15, 0.2) is 0 Å². The first kappa shape index (κ1) is 15.2. The molecule has 2 N–H and O–H groups in total. The SMILES string of the molecule is CCSC1CCCC1NC(=O)C1(C(C)C)CCNC1. The Hall–Kier alpha value is -0.220. The van der Waals surface area contributed by atoms with Crippen molar-refractivity contribution in [2.45, 2.75) is 57.7 Å². The molecule has 4 heteroatoms. The zero-order chi connectivity index (χ0) is 13.9. The van der Waals surface area contributed by atoms with Crippen LogP contribution in [-0.2, 0) is 4.79 Å². The summed E-state index contributed by atoms with van der Waals surface area (Å²) in [5.74, 6) is 1.84. The van der Waals surface area contributed by atoms with E-state index in [4.69, 9.17) is 0 Å². The van der Waals surface area contributed by atoms with Gasteiger partial charge < -0.3 is 10.6 Å². The number of rotatable bonds is 5. The molecule has 1 amide bonds. The lowest BCUT2D eigenvalue weighted by Crippen LogP contribution is -2.50. The van der Waals surface area contributed by atoms with Gasteiger partial charge in [0.2, 0.25) is 5.91 Å². The molecule has 0 aromatic heterocycles. The molecule has 1 heterocycles. The average Bonchev–Trinajstić information content (AvgIpc) is 3.00. The lowest BCUT2D eigenvalue weighted by atomic mass is 9.75. The Bertz CT molecular complexity index is 313. The van der Waals surface area contributed by atoms with Gasteiger partial charge in [-0.25, -0.2) is 0 Å². The maximum atomic E-state index is 12.8. The summed E-state index contributed by atoms with van der Waals surface area (Å²) in [6.45, 7) is 8.38. The summed E-state index contributed by atoms with van der Waals surface area (Å²) in [5.41, 5.74) is -0.177. The van der Waals surface area contributed by atoms with Crippen molar-refractivity contribution in [2.24, 2.45) is 11.3 Å². The first-order valence-electron chi connectivity index (χ1n) is 7.73. The van der Waals surface area contributed by atoms with Gasteiger partial charge in [0.1, 0.15) is 0 Å². The van der Waals surface area contributed by atoms with Gasteiger partial charge in [0.15, 0.2) is 0 Å². The second-order valence-electron chi connectivity index (χ2n) is 6.24. The number of hydrogen-bond acceptors (Lipinski definition) is 3. The van der Waals surface area contributed by atoms with Crippen molar-refractivity contribution in [2.75, 3.05) is 18.8 Å². The zero-order valence-electron chi connectivity index (χ0n) is 12.5. The van der Waals surface area contributed by atoms with Crippen molar-refractivity contribution in [3.8, 4) is 0 Å². The van der Waals surface area contributed by atoms with E-state index in [1.165, 1.54) is 12.8 Å². The average molecular weight is 284 g/mol. The minimum Gasteiger partial charge on any atom is -0.352 e. The fourth-order valence-electron chi connectivity index (χ4n) is 3.48. The van der Waals surface area contributed by atoms with Crippen LogP contribution in [0.3, 0.4) is 0 Å². The molecule has 3 atom stereocenters. The first-order valence-corrected chi connectivity index (χ1v) is 8.78. The molecule has 0 spiro atoms. The van der Waals surface area contributed by atoms with E-state index in [1.54, 1.807) is 0 Å². The number of nitrogens with one attached hydrogen (secondary N) is 2. The highest BCUT2D eigenvalue weighted by atomic mass is 32.2. The molecule has 2 fully saturated rings. The standard InChI is InChI=1S/C15H28N2OS/c1-4-19-13-7-5-6-12(13)17-14(18)15(11(2)3)8-9-16-10-15/h11-13,16H,4-10H2,1-3H3,(H,17,18). The zero-order valence-corrected chi connectivity index (χ0v) is 13.3. The van der Waals surface area contributed by atoms with Crippen LogP contribution < -0.4 is 10.6 Å². The lowest BCUT2D eigenvalue weighted by Gasteiger charge is -2.33. The van der Waals surface area contributed by atoms with Crippen molar-refractivity contribution >= 4 is 17.7 Å². The van der Waals surface area contributed by atoms with Crippen LogP contribution in [0, 0.1) is 11.3 Å². The second kappa shape index (κ2) is 6.49. The summed E-state index contributed by atoms with van der Waals surface area (Å²) in [6, 6.07) is 0.397. The van der Waals surface area contributed by atoms with Gasteiger partial charge in [-0.15, -0.1) is 0 Å². The number of carbonyl (C=O) groups excluding carboxylic acids is 1. The van der Waals surface area contributed by atoms with Crippen molar-refractivity contribution in [3.63, 3.8) is 0 Å². The Balaban J connectivity index is 1.99. The molecule has 3 nitrogen and oxygen atoms in total. The summed E-state index contributed by atoms with van der Waals surface area (Å²) in [7, 11) is 0. The summed E-state index contributed by atoms with van der Waals surface area (Å²) in [5, 5.41) is 7.38. The van der Waals surface area contributed by atoms with Crippen LogP contribution in [0.2, 0.25) is 0 Å². The van der Waals surface area contributed by atoms with Crippen LogP contribution in [0.1, 0.15) is 46.5 Å². The quantitative estimate of drug-likeness (QED) is 0.814. The molecule has 2 rings (SSSR count). The third-order valence-corrected chi connectivity index (χ3v) is 6.22. The molecule has 0 radical (unpaired) electrons. The van der Waals surface area contributed by atoms with E-state index in [9.17, 15) is 4.79 Å². The van der Waals surface area contributed by atoms with E-state index in [1.807, 2.05) is 11.8 Å². The summed E-state index contributed by atoms with van der Waals surface area (Å²) >= 11 is 2.01. The van der Waals surface area contributed by atoms with Gasteiger partial charge in [0, 0.05) is 17.8 Å². The minimum absolute atomic E-state index is 0.177. The molecule has 2 aliphatic rings. The highest BCUT2D eigenvalue weighted by Crippen LogP contribution is 2.36. The summed E-state index contributed by atoms with van der Waals surface area (Å²) < 4.78 is 0. The highest BCUT2D eigenvalue weighted by Gasteiger charge is 2.45. The first-order chi connectivity index (χ1) is 9.10. The van der Waals surface area contributed by atoms with Gasteiger partial charge in [-0.3, -0.25) is 4.79 Å². The van der Waals surface area contributed by atoms with Gasteiger partial charge in [0.05, 0.1) is 5.41 Å². The number of amides is 1. The van der Waals surface area contributed by atoms with Gasteiger partial charge in [0.25, 0.3) is 0 Å². The van der Waals surface area contributed by atoms with Gasteiger partial charge in [-0.1, -0.05) is 27.2 Å². The van der Waals surface area contributed by atoms with E-state index in [2.05, 4.69) is 31.4 Å². The van der Waals surface area contributed by atoms with E-state index in [0.717, 1.165) is 31.7 Å². The third kappa shape index (κ3) is 3.10. The maximum Gasteiger partial charge on any atom is 0.228 e. The molecule has 1 saturated heterocycles. The third-order valence-electron chi connectivity index (χ3n) is 4.90. The van der Waals surface area contributed by atoms with E-state index in [0.29, 0.717) is 23.1 Å². The molecule has 0 aromatic rings. The summed E-state index contributed by atoms with van der Waals surface area (Å²) in [4.78, 5) is 12.8. The smallest absolute Gasteiger partial charge is 0.228 e. The van der Waals surface area contributed by atoms with E-state index >= 15 is 0 Å². The Labute approximate surface area is 121 Å². The van der Waals surface area contributed by atoms with Crippen LogP contribution >= 0.6 is 11.8 Å². The molecular weight excluding hydrogens is 256 g/mol. The van der Waals surface area contributed by atoms with E-state index in [-0.39, 0.29) is 5.41 Å².